The molecule has 2 aromatic carbocycles. The third-order valence-electron chi connectivity index (χ3n) is 6.57. The first-order valence-corrected chi connectivity index (χ1v) is 12.2. The summed E-state index contributed by atoms with van der Waals surface area (Å²) in [5.41, 5.74) is 4.42. The summed E-state index contributed by atoms with van der Waals surface area (Å²) < 4.78 is 11.2. The van der Waals surface area contributed by atoms with E-state index in [2.05, 4.69) is 33.2 Å². The second kappa shape index (κ2) is 10.1. The Morgan fingerprint density at radius 3 is 2.64 bits per heavy atom. The quantitative estimate of drug-likeness (QED) is 0.564. The summed E-state index contributed by atoms with van der Waals surface area (Å²) in [5, 5.41) is 23.1. The van der Waals surface area contributed by atoms with E-state index in [-0.39, 0.29) is 18.1 Å². The Morgan fingerprint density at radius 1 is 1.17 bits per heavy atom. The van der Waals surface area contributed by atoms with Crippen LogP contribution in [0.15, 0.2) is 40.9 Å². The minimum Gasteiger partial charge on any atom is -0.490 e. The maximum atomic E-state index is 12.4. The van der Waals surface area contributed by atoms with Crippen LogP contribution in [-0.4, -0.2) is 75.9 Å². The Bertz CT molecular complexity index is 1310. The number of benzene rings is 2. The van der Waals surface area contributed by atoms with E-state index in [1.807, 2.05) is 26.0 Å². The van der Waals surface area contributed by atoms with Crippen molar-refractivity contribution < 1.29 is 19.2 Å². The molecule has 186 valence electrons. The summed E-state index contributed by atoms with van der Waals surface area (Å²) >= 11 is 0. The van der Waals surface area contributed by atoms with Gasteiger partial charge in [0.05, 0.1) is 24.3 Å². The molecule has 1 aromatic heterocycles. The van der Waals surface area contributed by atoms with Crippen molar-refractivity contribution in [2.24, 2.45) is 0 Å². The molecular formula is C27H29N5O4. The Kier molecular flexibility index (Phi) is 6.72. The van der Waals surface area contributed by atoms with Crippen LogP contribution in [0.2, 0.25) is 0 Å². The number of amides is 1. The number of β-amino-alcohol motifs (C(OH)–C–C–N with tert-alkyl or cyclic N) is 1. The van der Waals surface area contributed by atoms with Crippen molar-refractivity contribution in [3.63, 3.8) is 0 Å². The fourth-order valence-electron chi connectivity index (χ4n) is 4.58. The topological polar surface area (TPSA) is 116 Å². The first kappa shape index (κ1) is 24.0. The number of hydrogen-bond donors (Lipinski definition) is 1. The standard InChI is InChI=1S/C27H29N5O4/c1-17(2)35-24-6-5-21(12-22(24)13-28)27-29-26(30-36-27)20-4-3-18-7-9-31(10-8-19(18)11-20)16-25(34)32-14-23(33)15-32/h3-6,11-12,17,23,33H,7-10,14-16H2,1-2H3. The number of rotatable bonds is 6. The maximum Gasteiger partial charge on any atom is 0.258 e. The van der Waals surface area contributed by atoms with Gasteiger partial charge in [0, 0.05) is 37.3 Å². The third-order valence-corrected chi connectivity index (χ3v) is 6.57. The summed E-state index contributed by atoms with van der Waals surface area (Å²) in [6.07, 6.45) is 1.28. The van der Waals surface area contributed by atoms with E-state index in [9.17, 15) is 15.2 Å². The van der Waals surface area contributed by atoms with Gasteiger partial charge in [0.2, 0.25) is 11.7 Å². The molecular weight excluding hydrogens is 458 g/mol. The first-order valence-electron chi connectivity index (χ1n) is 12.2. The average Bonchev–Trinajstić information content (AvgIpc) is 3.25. The molecule has 1 amide bonds. The molecule has 1 saturated heterocycles. The SMILES string of the molecule is CC(C)Oc1ccc(-c2nc(-c3ccc4c(c3)CCN(CC(=O)N3CC(O)C3)CC4)no2)cc1C#N. The lowest BCUT2D eigenvalue weighted by Crippen LogP contribution is -2.56. The Balaban J connectivity index is 1.28. The second-order valence-corrected chi connectivity index (χ2v) is 9.62. The molecule has 3 aromatic rings. The van der Waals surface area contributed by atoms with Gasteiger partial charge >= 0.3 is 0 Å². The Hall–Kier alpha value is -3.74. The van der Waals surface area contributed by atoms with Crippen LogP contribution in [0.1, 0.15) is 30.5 Å². The van der Waals surface area contributed by atoms with Crippen molar-refractivity contribution in [1.29, 1.82) is 5.26 Å². The lowest BCUT2D eigenvalue weighted by molar-refractivity contribution is -0.142. The summed E-state index contributed by atoms with van der Waals surface area (Å²) in [6.45, 7) is 6.70. The molecule has 9 heteroatoms. The zero-order valence-electron chi connectivity index (χ0n) is 20.5. The molecule has 36 heavy (non-hydrogen) atoms. The van der Waals surface area contributed by atoms with Crippen LogP contribution < -0.4 is 4.74 Å². The lowest BCUT2D eigenvalue weighted by Gasteiger charge is -2.37. The average molecular weight is 488 g/mol. The van der Waals surface area contributed by atoms with Gasteiger partial charge in [-0.2, -0.15) is 10.2 Å². The van der Waals surface area contributed by atoms with Crippen molar-refractivity contribution >= 4 is 5.91 Å². The monoisotopic (exact) mass is 487 g/mol. The fourth-order valence-corrected chi connectivity index (χ4v) is 4.58. The van der Waals surface area contributed by atoms with Gasteiger partial charge in [-0.15, -0.1) is 0 Å². The van der Waals surface area contributed by atoms with Crippen molar-refractivity contribution in [3.05, 3.63) is 53.1 Å². The van der Waals surface area contributed by atoms with Crippen LogP contribution in [-0.2, 0) is 17.6 Å². The summed E-state index contributed by atoms with van der Waals surface area (Å²) in [5.74, 6) is 1.43. The highest BCUT2D eigenvalue weighted by Gasteiger charge is 2.30. The van der Waals surface area contributed by atoms with Crippen LogP contribution in [0.4, 0.5) is 0 Å². The van der Waals surface area contributed by atoms with Crippen molar-refractivity contribution in [1.82, 2.24) is 19.9 Å². The number of aliphatic hydroxyl groups excluding tert-OH is 1. The number of nitriles is 1. The van der Waals surface area contributed by atoms with Gasteiger partial charge in [0.15, 0.2) is 0 Å². The number of hydrogen-bond acceptors (Lipinski definition) is 8. The largest absolute Gasteiger partial charge is 0.490 e. The number of fused-ring (bicyclic) bond motifs is 1. The van der Waals surface area contributed by atoms with Crippen LogP contribution in [0.25, 0.3) is 22.8 Å². The Labute approximate surface area is 209 Å². The Morgan fingerprint density at radius 2 is 1.92 bits per heavy atom. The van der Waals surface area contributed by atoms with Gasteiger partial charge in [0.1, 0.15) is 11.8 Å². The van der Waals surface area contributed by atoms with Gasteiger partial charge in [-0.3, -0.25) is 9.69 Å². The third kappa shape index (κ3) is 5.10. The predicted octanol–water partition coefficient (Wildman–Crippen LogP) is 2.67. The van der Waals surface area contributed by atoms with E-state index < -0.39 is 0 Å². The molecule has 0 spiro atoms. The van der Waals surface area contributed by atoms with Gasteiger partial charge in [-0.05, 0) is 62.1 Å². The highest BCUT2D eigenvalue weighted by Crippen LogP contribution is 2.29. The van der Waals surface area contributed by atoms with Crippen LogP contribution in [0.3, 0.4) is 0 Å². The number of carbonyl (C=O) groups is 1. The van der Waals surface area contributed by atoms with Crippen molar-refractivity contribution in [2.45, 2.75) is 38.9 Å². The van der Waals surface area contributed by atoms with E-state index in [1.165, 1.54) is 11.1 Å². The summed E-state index contributed by atoms with van der Waals surface area (Å²) in [6, 6.07) is 13.6. The maximum absolute atomic E-state index is 12.4. The molecule has 0 aliphatic carbocycles. The van der Waals surface area contributed by atoms with E-state index in [0.717, 1.165) is 31.5 Å². The van der Waals surface area contributed by atoms with E-state index in [0.29, 0.717) is 48.2 Å². The molecule has 2 aliphatic rings. The molecule has 2 aliphatic heterocycles. The van der Waals surface area contributed by atoms with Gasteiger partial charge in [-0.25, -0.2) is 0 Å². The van der Waals surface area contributed by atoms with E-state index in [4.69, 9.17) is 9.26 Å². The fraction of sp³-hybridized carbons (Fsp3) is 0.407. The minimum absolute atomic E-state index is 0.0340. The molecule has 3 heterocycles. The zero-order valence-corrected chi connectivity index (χ0v) is 20.5. The van der Waals surface area contributed by atoms with Gasteiger partial charge in [0.25, 0.3) is 5.89 Å². The number of aliphatic hydroxyl groups is 1. The smallest absolute Gasteiger partial charge is 0.258 e. The van der Waals surface area contributed by atoms with E-state index >= 15 is 0 Å². The number of carbonyl (C=O) groups excluding carboxylic acids is 1. The molecule has 0 bridgehead atoms. The molecule has 0 atom stereocenters. The van der Waals surface area contributed by atoms with Gasteiger partial charge in [-0.1, -0.05) is 17.3 Å². The molecule has 0 saturated carbocycles. The van der Waals surface area contributed by atoms with Crippen LogP contribution >= 0.6 is 0 Å². The number of ether oxygens (including phenoxy) is 1. The zero-order chi connectivity index (χ0) is 25.2. The molecule has 5 rings (SSSR count). The highest BCUT2D eigenvalue weighted by molar-refractivity contribution is 5.79. The van der Waals surface area contributed by atoms with Crippen LogP contribution in [0.5, 0.6) is 5.75 Å². The molecule has 0 radical (unpaired) electrons. The number of nitrogens with zero attached hydrogens (tertiary/aromatic N) is 5. The van der Waals surface area contributed by atoms with Crippen LogP contribution in [0, 0.1) is 11.3 Å². The van der Waals surface area contributed by atoms with Crippen molar-refractivity contribution in [2.75, 3.05) is 32.7 Å². The van der Waals surface area contributed by atoms with E-state index in [1.54, 1.807) is 17.0 Å². The number of aromatic nitrogens is 2. The molecule has 9 nitrogen and oxygen atoms in total. The summed E-state index contributed by atoms with van der Waals surface area (Å²) in [4.78, 5) is 20.9. The molecule has 1 N–H and O–H groups in total. The molecule has 1 fully saturated rings. The lowest BCUT2D eigenvalue weighted by atomic mass is 10.00. The predicted molar refractivity (Wildman–Crippen MR) is 132 cm³/mol. The second-order valence-electron chi connectivity index (χ2n) is 9.62. The van der Waals surface area contributed by atoms with Crippen molar-refractivity contribution in [3.8, 4) is 34.7 Å². The number of likely N-dealkylation sites (tertiary alicyclic amines) is 1. The molecule has 0 unspecified atom stereocenters. The highest BCUT2D eigenvalue weighted by atomic mass is 16.5. The summed E-state index contributed by atoms with van der Waals surface area (Å²) in [7, 11) is 0. The van der Waals surface area contributed by atoms with Gasteiger partial charge < -0.3 is 19.3 Å². The normalized spacial score (nSPS) is 16.2. The minimum atomic E-state index is -0.377. The first-order chi connectivity index (χ1) is 17.4.